The first kappa shape index (κ1) is 15.4. The molecule has 4 nitrogen and oxygen atoms in total. The summed E-state index contributed by atoms with van der Waals surface area (Å²) >= 11 is 0. The van der Waals surface area contributed by atoms with Gasteiger partial charge in [0.15, 0.2) is 6.10 Å². The Morgan fingerprint density at radius 2 is 2.22 bits per heavy atom. The molecule has 0 saturated heterocycles. The second kappa shape index (κ2) is 7.10. The molecule has 4 heteroatoms. The summed E-state index contributed by atoms with van der Waals surface area (Å²) in [5.41, 5.74) is 5.57. The zero-order valence-electron chi connectivity index (χ0n) is 11.9. The highest BCUT2D eigenvalue weighted by atomic mass is 16.6. The maximum atomic E-state index is 11.8. The van der Waals surface area contributed by atoms with Crippen LogP contribution in [0.1, 0.15) is 52.9 Å². The molecule has 0 radical (unpaired) electrons. The first-order valence-electron chi connectivity index (χ1n) is 7.11. The van der Waals surface area contributed by atoms with Crippen LogP contribution in [0.4, 0.5) is 0 Å². The van der Waals surface area contributed by atoms with Gasteiger partial charge in [0.25, 0.3) is 0 Å². The summed E-state index contributed by atoms with van der Waals surface area (Å²) in [5.74, 6) is 0.355. The number of ether oxygens (including phenoxy) is 2. The molecule has 2 N–H and O–H groups in total. The summed E-state index contributed by atoms with van der Waals surface area (Å²) in [7, 11) is 0. The van der Waals surface area contributed by atoms with Crippen molar-refractivity contribution >= 4 is 5.97 Å². The van der Waals surface area contributed by atoms with Crippen molar-refractivity contribution in [1.82, 2.24) is 0 Å². The third kappa shape index (κ3) is 3.95. The Morgan fingerprint density at radius 3 is 2.72 bits per heavy atom. The predicted molar refractivity (Wildman–Crippen MR) is 71.2 cm³/mol. The summed E-state index contributed by atoms with van der Waals surface area (Å²) in [6.07, 6.45) is 4.40. The van der Waals surface area contributed by atoms with Crippen LogP contribution < -0.4 is 5.73 Å². The fourth-order valence-corrected chi connectivity index (χ4v) is 2.79. The van der Waals surface area contributed by atoms with Gasteiger partial charge in [0.05, 0.1) is 12.2 Å². The molecule has 1 rings (SSSR count). The van der Waals surface area contributed by atoms with E-state index in [1.807, 2.05) is 13.8 Å². The molecule has 1 aliphatic rings. The maximum absolute atomic E-state index is 11.8. The molecule has 1 saturated carbocycles. The van der Waals surface area contributed by atoms with Gasteiger partial charge < -0.3 is 15.2 Å². The smallest absolute Gasteiger partial charge is 0.335 e. The van der Waals surface area contributed by atoms with Gasteiger partial charge in [-0.3, -0.25) is 0 Å². The van der Waals surface area contributed by atoms with E-state index in [-0.39, 0.29) is 11.6 Å². The van der Waals surface area contributed by atoms with Gasteiger partial charge in [-0.15, -0.1) is 0 Å². The van der Waals surface area contributed by atoms with E-state index in [9.17, 15) is 4.79 Å². The summed E-state index contributed by atoms with van der Waals surface area (Å²) < 4.78 is 11.1. The predicted octanol–water partition coefficient (Wildman–Crippen LogP) is 2.25. The van der Waals surface area contributed by atoms with Gasteiger partial charge in [0.2, 0.25) is 0 Å². The number of nitrogens with two attached hydrogens (primary N) is 1. The molecule has 0 bridgehead atoms. The molecule has 1 aliphatic carbocycles. The Labute approximate surface area is 110 Å². The number of esters is 1. The van der Waals surface area contributed by atoms with Crippen molar-refractivity contribution in [2.45, 2.75) is 64.6 Å². The molecular weight excluding hydrogens is 230 g/mol. The van der Waals surface area contributed by atoms with E-state index >= 15 is 0 Å². The van der Waals surface area contributed by atoms with E-state index < -0.39 is 6.10 Å². The van der Waals surface area contributed by atoms with Crippen LogP contribution in [-0.2, 0) is 14.3 Å². The van der Waals surface area contributed by atoms with Gasteiger partial charge in [-0.25, -0.2) is 4.79 Å². The van der Waals surface area contributed by atoms with Crippen LogP contribution in [0, 0.1) is 5.92 Å². The third-order valence-corrected chi connectivity index (χ3v) is 3.73. The number of hydrogen-bond acceptors (Lipinski definition) is 4. The van der Waals surface area contributed by atoms with Crippen LogP contribution in [0.5, 0.6) is 0 Å². The molecule has 0 heterocycles. The first-order chi connectivity index (χ1) is 8.56. The molecule has 0 aromatic rings. The Kier molecular flexibility index (Phi) is 6.09. The summed E-state index contributed by atoms with van der Waals surface area (Å²) in [4.78, 5) is 11.8. The lowest BCUT2D eigenvalue weighted by Gasteiger charge is -2.40. The lowest BCUT2D eigenvalue weighted by molar-refractivity contribution is -0.175. The molecule has 0 spiro atoms. The van der Waals surface area contributed by atoms with Crippen molar-refractivity contribution in [3.63, 3.8) is 0 Å². The van der Waals surface area contributed by atoms with Gasteiger partial charge in [0.1, 0.15) is 0 Å². The van der Waals surface area contributed by atoms with Crippen LogP contribution in [0.2, 0.25) is 0 Å². The fraction of sp³-hybridized carbons (Fsp3) is 0.929. The number of hydrogen-bond donors (Lipinski definition) is 1. The summed E-state index contributed by atoms with van der Waals surface area (Å²) in [6.45, 7) is 6.85. The standard InChI is InChI=1S/C14H27NO3/c1-4-12(13(16)17-5-2)18-14(10-15)8-6-7-11(3)9-14/h11-12H,4-10,15H2,1-3H3. The molecule has 3 unspecified atom stereocenters. The molecule has 3 atom stereocenters. The number of rotatable bonds is 6. The lowest BCUT2D eigenvalue weighted by atomic mass is 9.78. The second-order valence-corrected chi connectivity index (χ2v) is 5.36. The summed E-state index contributed by atoms with van der Waals surface area (Å²) in [5, 5.41) is 0. The highest BCUT2D eigenvalue weighted by Gasteiger charge is 2.38. The summed E-state index contributed by atoms with van der Waals surface area (Å²) in [6, 6.07) is 0. The van der Waals surface area contributed by atoms with E-state index in [0.29, 0.717) is 25.5 Å². The Hall–Kier alpha value is -0.610. The number of carbonyl (C=O) groups excluding carboxylic acids is 1. The van der Waals surface area contributed by atoms with Crippen LogP contribution in [-0.4, -0.2) is 30.8 Å². The van der Waals surface area contributed by atoms with E-state index in [1.165, 1.54) is 6.42 Å². The Bertz CT molecular complexity index is 270. The molecule has 0 aromatic heterocycles. The van der Waals surface area contributed by atoms with Crippen molar-refractivity contribution in [3.8, 4) is 0 Å². The topological polar surface area (TPSA) is 61.5 Å². The zero-order chi connectivity index (χ0) is 13.6. The van der Waals surface area contributed by atoms with E-state index in [0.717, 1.165) is 19.3 Å². The van der Waals surface area contributed by atoms with Crippen molar-refractivity contribution in [2.24, 2.45) is 11.7 Å². The molecule has 0 aliphatic heterocycles. The minimum atomic E-state index is -0.473. The normalized spacial score (nSPS) is 29.9. The number of carbonyl (C=O) groups is 1. The second-order valence-electron chi connectivity index (χ2n) is 5.36. The van der Waals surface area contributed by atoms with Crippen molar-refractivity contribution in [1.29, 1.82) is 0 Å². The van der Waals surface area contributed by atoms with Crippen LogP contribution >= 0.6 is 0 Å². The Morgan fingerprint density at radius 1 is 1.50 bits per heavy atom. The average molecular weight is 257 g/mol. The highest BCUT2D eigenvalue weighted by molar-refractivity contribution is 5.74. The van der Waals surface area contributed by atoms with Crippen molar-refractivity contribution in [2.75, 3.05) is 13.2 Å². The maximum Gasteiger partial charge on any atom is 0.335 e. The van der Waals surface area contributed by atoms with E-state index in [4.69, 9.17) is 15.2 Å². The SMILES string of the molecule is CCOC(=O)C(CC)OC1(CN)CCCC(C)C1. The third-order valence-electron chi connectivity index (χ3n) is 3.73. The first-order valence-corrected chi connectivity index (χ1v) is 7.11. The van der Waals surface area contributed by atoms with Gasteiger partial charge in [-0.05, 0) is 32.1 Å². The Balaban J connectivity index is 2.67. The van der Waals surface area contributed by atoms with Crippen molar-refractivity contribution < 1.29 is 14.3 Å². The van der Waals surface area contributed by atoms with Crippen LogP contribution in [0.3, 0.4) is 0 Å². The zero-order valence-corrected chi connectivity index (χ0v) is 11.9. The van der Waals surface area contributed by atoms with Gasteiger partial charge >= 0.3 is 5.97 Å². The molecule has 1 fully saturated rings. The van der Waals surface area contributed by atoms with Gasteiger partial charge in [0, 0.05) is 6.54 Å². The van der Waals surface area contributed by atoms with Gasteiger partial charge in [-0.1, -0.05) is 26.7 Å². The van der Waals surface area contributed by atoms with E-state index in [1.54, 1.807) is 0 Å². The fourth-order valence-electron chi connectivity index (χ4n) is 2.79. The van der Waals surface area contributed by atoms with Crippen molar-refractivity contribution in [3.05, 3.63) is 0 Å². The quantitative estimate of drug-likeness (QED) is 0.741. The minimum Gasteiger partial charge on any atom is -0.464 e. The molecule has 0 amide bonds. The highest BCUT2D eigenvalue weighted by Crippen LogP contribution is 2.35. The van der Waals surface area contributed by atoms with Gasteiger partial charge in [-0.2, -0.15) is 0 Å². The van der Waals surface area contributed by atoms with E-state index in [2.05, 4.69) is 6.92 Å². The largest absolute Gasteiger partial charge is 0.464 e. The minimum absolute atomic E-state index is 0.258. The molecular formula is C14H27NO3. The molecule has 0 aromatic carbocycles. The van der Waals surface area contributed by atoms with Crippen LogP contribution in [0.25, 0.3) is 0 Å². The molecule has 106 valence electrons. The van der Waals surface area contributed by atoms with Crippen LogP contribution in [0.15, 0.2) is 0 Å². The molecule has 18 heavy (non-hydrogen) atoms. The average Bonchev–Trinajstić information content (AvgIpc) is 2.36. The monoisotopic (exact) mass is 257 g/mol. The lowest BCUT2D eigenvalue weighted by Crippen LogP contribution is -2.48.